The second-order valence-corrected chi connectivity index (χ2v) is 8.59. The van der Waals surface area contributed by atoms with Crippen molar-refractivity contribution in [1.82, 2.24) is 9.55 Å². The largest absolute Gasteiger partial charge is 0.496 e. The van der Waals surface area contributed by atoms with Crippen LogP contribution in [0.4, 0.5) is 5.69 Å². The van der Waals surface area contributed by atoms with Gasteiger partial charge in [-0.15, -0.1) is 0 Å². The van der Waals surface area contributed by atoms with Gasteiger partial charge in [-0.1, -0.05) is 12.1 Å². The molecule has 0 amide bonds. The number of para-hydroxylation sites is 2. The Morgan fingerprint density at radius 1 is 1.04 bits per heavy atom. The number of sulfonamides is 1. The van der Waals surface area contributed by atoms with Crippen LogP contribution >= 0.6 is 15.9 Å². The first kappa shape index (κ1) is 18.5. The maximum Gasteiger partial charge on any atom is 0.261 e. The Bertz CT molecular complexity index is 1250. The van der Waals surface area contributed by atoms with Crippen LogP contribution in [0.1, 0.15) is 0 Å². The molecule has 8 heteroatoms. The number of benzene rings is 3. The van der Waals surface area contributed by atoms with E-state index in [9.17, 15) is 8.42 Å². The molecule has 0 radical (unpaired) electrons. The third-order valence-electron chi connectivity index (χ3n) is 4.28. The third kappa shape index (κ3) is 3.48. The number of anilines is 1. The fraction of sp³-hybridized carbons (Fsp3) is 0.0500. The van der Waals surface area contributed by atoms with Crippen molar-refractivity contribution < 1.29 is 13.2 Å². The van der Waals surface area contributed by atoms with Gasteiger partial charge in [-0.3, -0.25) is 9.29 Å². The summed E-state index contributed by atoms with van der Waals surface area (Å²) in [6, 6.07) is 19.6. The lowest BCUT2D eigenvalue weighted by Gasteiger charge is -2.11. The lowest BCUT2D eigenvalue weighted by Crippen LogP contribution is -2.13. The van der Waals surface area contributed by atoms with Gasteiger partial charge in [0, 0.05) is 11.4 Å². The summed E-state index contributed by atoms with van der Waals surface area (Å²) >= 11 is 3.31. The number of halogens is 1. The molecule has 0 unspecified atom stereocenters. The predicted molar refractivity (Wildman–Crippen MR) is 113 cm³/mol. The number of aromatic nitrogens is 2. The zero-order valence-corrected chi connectivity index (χ0v) is 17.2. The first-order valence-electron chi connectivity index (χ1n) is 8.37. The first-order chi connectivity index (χ1) is 13.5. The van der Waals surface area contributed by atoms with Crippen molar-refractivity contribution >= 4 is 42.7 Å². The highest BCUT2D eigenvalue weighted by Crippen LogP contribution is 2.28. The topological polar surface area (TPSA) is 73.2 Å². The maximum absolute atomic E-state index is 12.7. The SMILES string of the molecule is COc1ccc(S(=O)(=O)Nc2ccc(-n3cnc4ccccc43)cc2)cc1Br. The number of nitrogens with zero attached hydrogens (tertiary/aromatic N) is 2. The minimum Gasteiger partial charge on any atom is -0.496 e. The second kappa shape index (κ2) is 7.29. The molecule has 0 saturated heterocycles. The zero-order valence-electron chi connectivity index (χ0n) is 14.8. The molecular weight excluding hydrogens is 442 g/mol. The van der Waals surface area contributed by atoms with Gasteiger partial charge in [0.25, 0.3) is 10.0 Å². The van der Waals surface area contributed by atoms with Crippen LogP contribution in [0, 0.1) is 0 Å². The Labute approximate surface area is 171 Å². The Morgan fingerprint density at radius 2 is 1.79 bits per heavy atom. The summed E-state index contributed by atoms with van der Waals surface area (Å²) in [6.07, 6.45) is 1.75. The second-order valence-electron chi connectivity index (χ2n) is 6.05. The van der Waals surface area contributed by atoms with Crippen LogP contribution in [0.3, 0.4) is 0 Å². The lowest BCUT2D eigenvalue weighted by atomic mass is 10.2. The number of hydrogen-bond donors (Lipinski definition) is 1. The number of hydrogen-bond acceptors (Lipinski definition) is 4. The molecule has 4 aromatic rings. The summed E-state index contributed by atoms with van der Waals surface area (Å²) in [6.45, 7) is 0. The highest BCUT2D eigenvalue weighted by molar-refractivity contribution is 9.10. The number of nitrogens with one attached hydrogen (secondary N) is 1. The summed E-state index contributed by atoms with van der Waals surface area (Å²) in [5, 5.41) is 0. The lowest BCUT2D eigenvalue weighted by molar-refractivity contribution is 0.411. The average Bonchev–Trinajstić information content (AvgIpc) is 3.12. The monoisotopic (exact) mass is 457 g/mol. The number of imidazole rings is 1. The molecule has 1 N–H and O–H groups in total. The predicted octanol–water partition coefficient (Wildman–Crippen LogP) is 4.60. The standard InChI is InChI=1S/C20H16BrN3O3S/c1-27-20-11-10-16(12-17(20)21)28(25,26)23-14-6-8-15(9-7-14)24-13-22-18-4-2-3-5-19(18)24/h2-13,23H,1H3. The fourth-order valence-corrected chi connectivity index (χ4v) is 4.66. The van der Waals surface area contributed by atoms with Crippen LogP contribution in [0.2, 0.25) is 0 Å². The Balaban J connectivity index is 1.60. The molecule has 1 heterocycles. The number of rotatable bonds is 5. The summed E-state index contributed by atoms with van der Waals surface area (Å²) in [4.78, 5) is 4.52. The zero-order chi connectivity index (χ0) is 19.7. The summed E-state index contributed by atoms with van der Waals surface area (Å²) in [5.41, 5.74) is 3.25. The van der Waals surface area contributed by atoms with E-state index in [-0.39, 0.29) is 4.90 Å². The van der Waals surface area contributed by atoms with Crippen molar-refractivity contribution in [2.45, 2.75) is 4.90 Å². The van der Waals surface area contributed by atoms with Crippen molar-refractivity contribution in [3.05, 3.63) is 77.5 Å². The van der Waals surface area contributed by atoms with Crippen LogP contribution in [-0.4, -0.2) is 25.1 Å². The van der Waals surface area contributed by atoms with Crippen molar-refractivity contribution in [1.29, 1.82) is 0 Å². The smallest absolute Gasteiger partial charge is 0.261 e. The molecule has 0 aliphatic rings. The molecule has 0 fully saturated rings. The number of methoxy groups -OCH3 is 1. The van der Waals surface area contributed by atoms with Gasteiger partial charge in [-0.2, -0.15) is 0 Å². The van der Waals surface area contributed by atoms with Gasteiger partial charge in [0.05, 0.1) is 27.5 Å². The van der Waals surface area contributed by atoms with Gasteiger partial charge in [0.1, 0.15) is 12.1 Å². The van der Waals surface area contributed by atoms with Crippen LogP contribution in [0.15, 0.2) is 82.4 Å². The van der Waals surface area contributed by atoms with E-state index in [1.54, 1.807) is 24.5 Å². The van der Waals surface area contributed by atoms with Gasteiger partial charge >= 0.3 is 0 Å². The molecule has 0 bridgehead atoms. The summed E-state index contributed by atoms with van der Waals surface area (Å²) in [5.74, 6) is 0.566. The summed E-state index contributed by atoms with van der Waals surface area (Å²) < 4.78 is 35.6. The molecule has 142 valence electrons. The van der Waals surface area contributed by atoms with Crippen LogP contribution < -0.4 is 9.46 Å². The molecule has 4 rings (SSSR count). The van der Waals surface area contributed by atoms with Crippen molar-refractivity contribution in [3.63, 3.8) is 0 Å². The Kier molecular flexibility index (Phi) is 4.82. The van der Waals surface area contributed by atoms with E-state index in [4.69, 9.17) is 4.74 Å². The molecule has 6 nitrogen and oxygen atoms in total. The van der Waals surface area contributed by atoms with Gasteiger partial charge in [0.2, 0.25) is 0 Å². The van der Waals surface area contributed by atoms with Gasteiger partial charge < -0.3 is 4.74 Å². The minimum absolute atomic E-state index is 0.143. The van der Waals surface area contributed by atoms with Crippen molar-refractivity contribution in [2.24, 2.45) is 0 Å². The van der Waals surface area contributed by atoms with Crippen molar-refractivity contribution in [2.75, 3.05) is 11.8 Å². The molecular formula is C20H16BrN3O3S. The average molecular weight is 458 g/mol. The minimum atomic E-state index is -3.72. The number of ether oxygens (including phenoxy) is 1. The maximum atomic E-state index is 12.7. The van der Waals surface area contributed by atoms with Gasteiger partial charge in [0.15, 0.2) is 0 Å². The van der Waals surface area contributed by atoms with Crippen LogP contribution in [-0.2, 0) is 10.0 Å². The quantitative estimate of drug-likeness (QED) is 0.475. The molecule has 1 aromatic heterocycles. The molecule has 0 saturated carbocycles. The highest BCUT2D eigenvalue weighted by Gasteiger charge is 2.16. The first-order valence-corrected chi connectivity index (χ1v) is 10.6. The van der Waals surface area contributed by atoms with E-state index in [2.05, 4.69) is 25.6 Å². The van der Waals surface area contributed by atoms with Gasteiger partial charge in [-0.25, -0.2) is 13.4 Å². The third-order valence-corrected chi connectivity index (χ3v) is 6.28. The highest BCUT2D eigenvalue weighted by atomic mass is 79.9. The van der Waals surface area contributed by atoms with E-state index >= 15 is 0 Å². The Hall–Kier alpha value is -2.84. The van der Waals surface area contributed by atoms with Crippen LogP contribution in [0.5, 0.6) is 5.75 Å². The summed E-state index contributed by atoms with van der Waals surface area (Å²) in [7, 11) is -2.19. The Morgan fingerprint density at radius 3 is 2.50 bits per heavy atom. The van der Waals surface area contributed by atoms with E-state index in [0.29, 0.717) is 15.9 Å². The van der Waals surface area contributed by atoms with Crippen LogP contribution in [0.25, 0.3) is 16.7 Å². The molecule has 0 atom stereocenters. The molecule has 0 spiro atoms. The normalized spacial score (nSPS) is 11.5. The van der Waals surface area contributed by atoms with Crippen molar-refractivity contribution in [3.8, 4) is 11.4 Å². The van der Waals surface area contributed by atoms with E-state index < -0.39 is 10.0 Å². The molecule has 0 aliphatic heterocycles. The molecule has 28 heavy (non-hydrogen) atoms. The molecule has 3 aromatic carbocycles. The number of fused-ring (bicyclic) bond motifs is 1. The van der Waals surface area contributed by atoms with E-state index in [0.717, 1.165) is 16.7 Å². The van der Waals surface area contributed by atoms with Gasteiger partial charge in [-0.05, 0) is 70.5 Å². The fourth-order valence-electron chi connectivity index (χ4n) is 2.88. The van der Waals surface area contributed by atoms with E-state index in [1.807, 2.05) is 41.0 Å². The van der Waals surface area contributed by atoms with E-state index in [1.165, 1.54) is 19.2 Å². The molecule has 0 aliphatic carbocycles.